The summed E-state index contributed by atoms with van der Waals surface area (Å²) in [6.45, 7) is 29.2. The number of carbonyl (C=O) groups is 4. The lowest BCUT2D eigenvalue weighted by Crippen LogP contribution is -2.33. The summed E-state index contributed by atoms with van der Waals surface area (Å²) in [5.74, 6) is 0.898. The van der Waals surface area contributed by atoms with Gasteiger partial charge in [0.1, 0.15) is 23.0 Å². The zero-order valence-electron chi connectivity index (χ0n) is 48.6. The molecule has 4 amide bonds. The smallest absolute Gasteiger partial charge is 0.257 e. The van der Waals surface area contributed by atoms with E-state index in [0.717, 1.165) is 61.2 Å². The molecule has 0 fully saturated rings. The van der Waals surface area contributed by atoms with Crippen LogP contribution >= 0.6 is 0 Å². The van der Waals surface area contributed by atoms with E-state index in [9.17, 15) is 19.2 Å². The molecule has 0 saturated heterocycles. The van der Waals surface area contributed by atoms with Gasteiger partial charge in [-0.2, -0.15) is 0 Å². The van der Waals surface area contributed by atoms with Gasteiger partial charge in [0, 0.05) is 71.6 Å². The lowest BCUT2D eigenvalue weighted by Gasteiger charge is -2.28. The van der Waals surface area contributed by atoms with E-state index < -0.39 is 0 Å². The fraction of sp³-hybridized carbons (Fsp3) is 0.541. The van der Waals surface area contributed by atoms with Crippen molar-refractivity contribution in [3.05, 3.63) is 116 Å². The molecule has 424 valence electrons. The molecule has 0 aliphatic heterocycles. The summed E-state index contributed by atoms with van der Waals surface area (Å²) in [5, 5.41) is 11.3. The Bertz CT molecular complexity index is 2640. The van der Waals surface area contributed by atoms with Gasteiger partial charge in [0.05, 0.1) is 0 Å². The highest BCUT2D eigenvalue weighted by Gasteiger charge is 2.28. The van der Waals surface area contributed by atoms with E-state index in [4.69, 9.17) is 41.9 Å². The number of nitrogens with one attached hydrogen (secondary N) is 4. The Labute approximate surface area is 459 Å². The average Bonchev–Trinajstić information content (AvgIpc) is 3.36. The highest BCUT2D eigenvalue weighted by atomic mass is 16.5. The first-order valence-electron chi connectivity index (χ1n) is 27.1. The molecule has 0 bridgehead atoms. The summed E-state index contributed by atoms with van der Waals surface area (Å²) in [5.41, 5.74) is 31.8. The van der Waals surface area contributed by atoms with Crippen molar-refractivity contribution in [3.63, 3.8) is 0 Å². The average molecular weight is 1070 g/mol. The molecule has 0 aromatic heterocycles. The van der Waals surface area contributed by atoms with Gasteiger partial charge in [-0.05, 0) is 95.3 Å². The van der Waals surface area contributed by atoms with E-state index in [-0.39, 0.29) is 104 Å². The van der Waals surface area contributed by atoms with Crippen LogP contribution in [-0.2, 0) is 66.5 Å². The Morgan fingerprint density at radius 1 is 0.377 bits per heavy atom. The van der Waals surface area contributed by atoms with E-state index in [0.29, 0.717) is 68.4 Å². The number of hydrogen-bond acceptors (Lipinski definition) is 12. The molecular weight excluding hydrogens is 973 g/mol. The van der Waals surface area contributed by atoms with Crippen molar-refractivity contribution >= 4 is 23.6 Å². The van der Waals surface area contributed by atoms with Crippen LogP contribution in [0.25, 0.3) is 0 Å². The maximum Gasteiger partial charge on any atom is 0.257 e. The molecule has 0 saturated carbocycles. The number of aryl methyl sites for hydroxylation is 1. The Balaban J connectivity index is 2.11. The molecule has 12 N–H and O–H groups in total. The number of ether oxygens (including phenoxy) is 4. The fourth-order valence-corrected chi connectivity index (χ4v) is 8.58. The number of carbonyl (C=O) groups excluding carboxylic acids is 4. The number of amides is 4. The van der Waals surface area contributed by atoms with Crippen LogP contribution in [0.4, 0.5) is 0 Å². The van der Waals surface area contributed by atoms with Gasteiger partial charge in [0.25, 0.3) is 23.6 Å². The highest BCUT2D eigenvalue weighted by Crippen LogP contribution is 2.42. The van der Waals surface area contributed by atoms with Crippen molar-refractivity contribution in [2.75, 3.05) is 78.8 Å². The van der Waals surface area contributed by atoms with Gasteiger partial charge in [0.2, 0.25) is 0 Å². The molecule has 77 heavy (non-hydrogen) atoms. The molecular formula is C61H92N8O8. The van der Waals surface area contributed by atoms with Crippen molar-refractivity contribution in [3.8, 4) is 23.0 Å². The Morgan fingerprint density at radius 2 is 0.636 bits per heavy atom. The predicted octanol–water partition coefficient (Wildman–Crippen LogP) is 6.03. The van der Waals surface area contributed by atoms with Gasteiger partial charge in [-0.25, -0.2) is 0 Å². The Morgan fingerprint density at radius 3 is 0.922 bits per heavy atom. The number of hydrogen-bond donors (Lipinski definition) is 8. The summed E-state index contributed by atoms with van der Waals surface area (Å²) < 4.78 is 26.3. The van der Waals surface area contributed by atoms with Crippen LogP contribution in [0, 0.1) is 0 Å². The van der Waals surface area contributed by atoms with Crippen molar-refractivity contribution in [2.45, 2.75) is 137 Å². The zero-order chi connectivity index (χ0) is 57.3. The highest BCUT2D eigenvalue weighted by molar-refractivity contribution is 5.79. The third-order valence-electron chi connectivity index (χ3n) is 13.0. The predicted molar refractivity (Wildman–Crippen MR) is 309 cm³/mol. The van der Waals surface area contributed by atoms with Crippen molar-refractivity contribution in [1.29, 1.82) is 0 Å². The van der Waals surface area contributed by atoms with Gasteiger partial charge >= 0.3 is 0 Å². The summed E-state index contributed by atoms with van der Waals surface area (Å²) >= 11 is 0. The van der Waals surface area contributed by atoms with Crippen molar-refractivity contribution in [2.24, 2.45) is 22.9 Å². The van der Waals surface area contributed by atoms with E-state index in [1.54, 1.807) is 0 Å². The van der Waals surface area contributed by atoms with Crippen molar-refractivity contribution in [1.82, 2.24) is 21.3 Å². The first-order chi connectivity index (χ1) is 36.1. The van der Waals surface area contributed by atoms with Crippen LogP contribution in [0.1, 0.15) is 151 Å². The molecule has 4 aromatic rings. The van der Waals surface area contributed by atoms with E-state index in [2.05, 4.69) is 154 Å². The molecule has 16 nitrogen and oxygen atoms in total. The summed E-state index contributed by atoms with van der Waals surface area (Å²) in [7, 11) is 0. The second-order valence-corrected chi connectivity index (χ2v) is 23.8. The zero-order valence-corrected chi connectivity index (χ0v) is 48.6. The standard InChI is InChI=1S/C61H92N8O8/c1-14-39-28-47(59(5,6)7)31-42(55(39)75-36-52(71)67-22-18-63)26-43-32-49(61(11,12)13)34-45(57(43)77-38-54(73)69-24-20-65)27-44-33-48(60(8,9)10)30-41(56(44)76-37-53(72)68-23-19-64)25-40-29-46(58(2,3)4)15-16-50(40)74-35-51(70)66-21-17-62/h15-16,28-34H,14,17-27,35-38,62-65H2,1-13H3,(H,66,70)(H,67,71)(H,68,72)(H,69,73). The van der Waals surface area contributed by atoms with Crippen LogP contribution in [-0.4, -0.2) is 102 Å². The van der Waals surface area contributed by atoms with Gasteiger partial charge < -0.3 is 63.1 Å². The summed E-state index contributed by atoms with van der Waals surface area (Å²) in [6.07, 6.45) is 1.54. The number of benzene rings is 4. The van der Waals surface area contributed by atoms with Crippen LogP contribution in [0.15, 0.2) is 54.6 Å². The number of nitrogens with two attached hydrogens (primary N) is 4. The summed E-state index contributed by atoms with van der Waals surface area (Å²) in [4.78, 5) is 52.8. The maximum absolute atomic E-state index is 13.5. The maximum atomic E-state index is 13.5. The quantitative estimate of drug-likeness (QED) is 0.0341. The fourth-order valence-electron chi connectivity index (χ4n) is 8.58. The van der Waals surface area contributed by atoms with Gasteiger partial charge in [0.15, 0.2) is 26.4 Å². The molecule has 4 aromatic carbocycles. The molecule has 0 radical (unpaired) electrons. The van der Waals surface area contributed by atoms with Gasteiger partial charge in [-0.15, -0.1) is 0 Å². The molecule has 0 unspecified atom stereocenters. The van der Waals surface area contributed by atoms with Crippen LogP contribution in [0.2, 0.25) is 0 Å². The van der Waals surface area contributed by atoms with Crippen LogP contribution in [0.3, 0.4) is 0 Å². The second-order valence-electron chi connectivity index (χ2n) is 23.8. The van der Waals surface area contributed by atoms with E-state index in [1.807, 2.05) is 12.1 Å². The first kappa shape index (κ1) is 63.3. The minimum Gasteiger partial charge on any atom is -0.483 e. The molecule has 0 spiro atoms. The van der Waals surface area contributed by atoms with Crippen LogP contribution < -0.4 is 63.1 Å². The van der Waals surface area contributed by atoms with Gasteiger partial charge in [-0.3, -0.25) is 19.2 Å². The monoisotopic (exact) mass is 1060 g/mol. The second kappa shape index (κ2) is 28.4. The third kappa shape index (κ3) is 19.3. The molecule has 4 rings (SSSR count). The van der Waals surface area contributed by atoms with Gasteiger partial charge in [-0.1, -0.05) is 139 Å². The normalized spacial score (nSPS) is 12.0. The van der Waals surface area contributed by atoms with Crippen LogP contribution in [0.5, 0.6) is 23.0 Å². The molecule has 0 aliphatic rings. The molecule has 0 atom stereocenters. The Kier molecular flexibility index (Phi) is 23.4. The third-order valence-corrected chi connectivity index (χ3v) is 13.0. The minimum atomic E-state index is -0.364. The minimum absolute atomic E-state index is 0.204. The van der Waals surface area contributed by atoms with E-state index in [1.165, 1.54) is 0 Å². The van der Waals surface area contributed by atoms with Crippen molar-refractivity contribution < 1.29 is 38.1 Å². The number of rotatable bonds is 27. The summed E-state index contributed by atoms with van der Waals surface area (Å²) in [6, 6.07) is 18.9. The molecule has 16 heteroatoms. The lowest BCUT2D eigenvalue weighted by molar-refractivity contribution is -0.123. The largest absolute Gasteiger partial charge is 0.483 e. The SMILES string of the molecule is CCc1cc(C(C)(C)C)cc(Cc2cc(C(C)(C)C)cc(Cc3cc(C(C)(C)C)cc(Cc4cc(C(C)(C)C)ccc4OCC(=O)NCCN)c3OCC(=O)NCCN)c2OCC(=O)NCCN)c1OCC(=O)NCCN. The first-order valence-corrected chi connectivity index (χ1v) is 27.1. The lowest BCUT2D eigenvalue weighted by atomic mass is 9.80. The van der Waals surface area contributed by atoms with E-state index >= 15 is 0 Å². The topological polar surface area (TPSA) is 257 Å². The molecule has 0 aliphatic carbocycles. The Hall–Kier alpha value is -6.20. The molecule has 0 heterocycles.